The second kappa shape index (κ2) is 6.83. The number of hydrogen-bond acceptors (Lipinski definition) is 4. The summed E-state index contributed by atoms with van der Waals surface area (Å²) in [4.78, 5) is 11.7. The van der Waals surface area contributed by atoms with E-state index in [1.165, 1.54) is 0 Å². The van der Waals surface area contributed by atoms with Crippen LogP contribution in [0.25, 0.3) is 5.57 Å². The van der Waals surface area contributed by atoms with Crippen molar-refractivity contribution >= 4 is 11.5 Å². The molecular weight excluding hydrogens is 244 g/mol. The Morgan fingerprint density at radius 1 is 1.11 bits per heavy atom. The minimum atomic E-state index is -0.296. The molecule has 1 aromatic rings. The van der Waals surface area contributed by atoms with Crippen LogP contribution in [0, 0.1) is 0 Å². The molecule has 0 aliphatic rings. The molecule has 19 heavy (non-hydrogen) atoms. The topological polar surface area (TPSA) is 44.8 Å². The molecule has 0 saturated carbocycles. The van der Waals surface area contributed by atoms with Gasteiger partial charge in [-0.25, -0.2) is 4.79 Å². The number of allylic oxidation sites excluding steroid dienone is 1. The van der Waals surface area contributed by atoms with Crippen molar-refractivity contribution < 1.29 is 19.0 Å². The molecular formula is C15H20O4. The van der Waals surface area contributed by atoms with Crippen LogP contribution in [0.15, 0.2) is 23.8 Å². The van der Waals surface area contributed by atoms with Crippen LogP contribution in [-0.2, 0) is 9.53 Å². The fraction of sp³-hybridized carbons (Fsp3) is 0.400. The largest absolute Gasteiger partial charge is 0.493 e. The van der Waals surface area contributed by atoms with Gasteiger partial charge in [0.1, 0.15) is 0 Å². The van der Waals surface area contributed by atoms with Gasteiger partial charge in [-0.05, 0) is 44.0 Å². The first-order chi connectivity index (χ1) is 9.04. The SMILES string of the molecule is CCOC(=O)C(C)=C(C)c1ccc(OC)c(OC)c1. The normalized spacial score (nSPS) is 11.6. The molecule has 0 spiro atoms. The number of rotatable bonds is 5. The number of esters is 1. The molecule has 0 aromatic heterocycles. The molecule has 4 nitrogen and oxygen atoms in total. The Morgan fingerprint density at radius 2 is 1.74 bits per heavy atom. The average molecular weight is 264 g/mol. The zero-order valence-electron chi connectivity index (χ0n) is 12.1. The molecule has 0 N–H and O–H groups in total. The fourth-order valence-corrected chi connectivity index (χ4v) is 1.68. The lowest BCUT2D eigenvalue weighted by atomic mass is 10.0. The third-order valence-electron chi connectivity index (χ3n) is 2.96. The summed E-state index contributed by atoms with van der Waals surface area (Å²) in [7, 11) is 3.17. The summed E-state index contributed by atoms with van der Waals surface area (Å²) in [6, 6.07) is 5.55. The Bertz CT molecular complexity index is 489. The van der Waals surface area contributed by atoms with E-state index < -0.39 is 0 Å². The maximum absolute atomic E-state index is 11.7. The summed E-state index contributed by atoms with van der Waals surface area (Å²) in [5, 5.41) is 0. The van der Waals surface area contributed by atoms with Crippen molar-refractivity contribution in [1.82, 2.24) is 0 Å². The number of methoxy groups -OCH3 is 2. The lowest BCUT2D eigenvalue weighted by Crippen LogP contribution is -2.06. The van der Waals surface area contributed by atoms with Crippen LogP contribution in [0.1, 0.15) is 26.3 Å². The minimum absolute atomic E-state index is 0.296. The highest BCUT2D eigenvalue weighted by Gasteiger charge is 2.12. The van der Waals surface area contributed by atoms with Gasteiger partial charge in [0.05, 0.1) is 20.8 Å². The fourth-order valence-electron chi connectivity index (χ4n) is 1.68. The third kappa shape index (κ3) is 3.50. The molecule has 0 fully saturated rings. The standard InChI is InChI=1S/C15H20O4/c1-6-19-15(16)11(3)10(2)12-7-8-13(17-4)14(9-12)18-5/h7-9H,6H2,1-5H3. The van der Waals surface area contributed by atoms with Gasteiger partial charge in [-0.1, -0.05) is 6.07 Å². The Labute approximate surface area is 114 Å². The van der Waals surface area contributed by atoms with Gasteiger partial charge >= 0.3 is 5.97 Å². The summed E-state index contributed by atoms with van der Waals surface area (Å²) in [6.45, 7) is 5.80. The van der Waals surface area contributed by atoms with E-state index >= 15 is 0 Å². The lowest BCUT2D eigenvalue weighted by molar-refractivity contribution is -0.138. The first-order valence-electron chi connectivity index (χ1n) is 6.12. The Morgan fingerprint density at radius 3 is 2.26 bits per heavy atom. The monoisotopic (exact) mass is 264 g/mol. The molecule has 0 aliphatic heterocycles. The second-order valence-corrected chi connectivity index (χ2v) is 4.04. The highest BCUT2D eigenvalue weighted by molar-refractivity contribution is 5.96. The molecule has 0 bridgehead atoms. The smallest absolute Gasteiger partial charge is 0.333 e. The molecule has 0 heterocycles. The van der Waals surface area contributed by atoms with E-state index in [9.17, 15) is 4.79 Å². The van der Waals surface area contributed by atoms with Crippen molar-refractivity contribution in [3.8, 4) is 11.5 Å². The maximum Gasteiger partial charge on any atom is 0.333 e. The van der Waals surface area contributed by atoms with Gasteiger partial charge in [-0.2, -0.15) is 0 Å². The van der Waals surface area contributed by atoms with Gasteiger partial charge in [-0.15, -0.1) is 0 Å². The lowest BCUT2D eigenvalue weighted by Gasteiger charge is -2.11. The Kier molecular flexibility index (Phi) is 5.42. The molecule has 0 atom stereocenters. The molecule has 104 valence electrons. The molecule has 1 aromatic carbocycles. The number of carbonyl (C=O) groups is 1. The van der Waals surface area contributed by atoms with Crippen molar-refractivity contribution in [2.75, 3.05) is 20.8 Å². The number of ether oxygens (including phenoxy) is 3. The zero-order chi connectivity index (χ0) is 14.4. The van der Waals surface area contributed by atoms with E-state index in [1.807, 2.05) is 25.1 Å². The van der Waals surface area contributed by atoms with Gasteiger partial charge in [0.2, 0.25) is 0 Å². The van der Waals surface area contributed by atoms with Crippen LogP contribution >= 0.6 is 0 Å². The molecule has 0 amide bonds. The summed E-state index contributed by atoms with van der Waals surface area (Å²) in [5.74, 6) is 0.999. The second-order valence-electron chi connectivity index (χ2n) is 4.04. The quantitative estimate of drug-likeness (QED) is 0.605. The van der Waals surface area contributed by atoms with Gasteiger partial charge < -0.3 is 14.2 Å². The average Bonchev–Trinajstić information content (AvgIpc) is 2.45. The molecule has 0 saturated heterocycles. The molecule has 0 unspecified atom stereocenters. The van der Waals surface area contributed by atoms with Crippen molar-refractivity contribution in [1.29, 1.82) is 0 Å². The van der Waals surface area contributed by atoms with Crippen LogP contribution in [-0.4, -0.2) is 26.8 Å². The molecule has 1 rings (SSSR count). The minimum Gasteiger partial charge on any atom is -0.493 e. The van der Waals surface area contributed by atoms with Crippen LogP contribution in [0.3, 0.4) is 0 Å². The zero-order valence-corrected chi connectivity index (χ0v) is 12.1. The van der Waals surface area contributed by atoms with Gasteiger partial charge in [-0.3, -0.25) is 0 Å². The highest BCUT2D eigenvalue weighted by Crippen LogP contribution is 2.31. The first kappa shape index (κ1) is 15.1. The summed E-state index contributed by atoms with van der Waals surface area (Å²) < 4.78 is 15.4. The molecule has 0 radical (unpaired) electrons. The third-order valence-corrected chi connectivity index (χ3v) is 2.96. The summed E-state index contributed by atoms with van der Waals surface area (Å²) in [6.07, 6.45) is 0. The van der Waals surface area contributed by atoms with E-state index in [2.05, 4.69) is 0 Å². The summed E-state index contributed by atoms with van der Waals surface area (Å²) >= 11 is 0. The van der Waals surface area contributed by atoms with E-state index in [0.29, 0.717) is 23.7 Å². The number of benzene rings is 1. The van der Waals surface area contributed by atoms with Crippen LogP contribution in [0.4, 0.5) is 0 Å². The van der Waals surface area contributed by atoms with Crippen LogP contribution < -0.4 is 9.47 Å². The number of hydrogen-bond donors (Lipinski definition) is 0. The van der Waals surface area contributed by atoms with Gasteiger partial charge in [0.25, 0.3) is 0 Å². The van der Waals surface area contributed by atoms with Crippen molar-refractivity contribution in [3.63, 3.8) is 0 Å². The predicted octanol–water partition coefficient (Wildman–Crippen LogP) is 3.06. The summed E-state index contributed by atoms with van der Waals surface area (Å²) in [5.41, 5.74) is 2.36. The van der Waals surface area contributed by atoms with Crippen LogP contribution in [0.2, 0.25) is 0 Å². The maximum atomic E-state index is 11.7. The highest BCUT2D eigenvalue weighted by atomic mass is 16.5. The van der Waals surface area contributed by atoms with E-state index in [4.69, 9.17) is 14.2 Å². The first-order valence-corrected chi connectivity index (χ1v) is 6.12. The van der Waals surface area contributed by atoms with Gasteiger partial charge in [0, 0.05) is 5.57 Å². The molecule has 4 heteroatoms. The molecule has 0 aliphatic carbocycles. The van der Waals surface area contributed by atoms with E-state index in [1.54, 1.807) is 28.1 Å². The van der Waals surface area contributed by atoms with Crippen molar-refractivity contribution in [2.24, 2.45) is 0 Å². The van der Waals surface area contributed by atoms with E-state index in [-0.39, 0.29) is 5.97 Å². The van der Waals surface area contributed by atoms with Crippen molar-refractivity contribution in [2.45, 2.75) is 20.8 Å². The van der Waals surface area contributed by atoms with Gasteiger partial charge in [0.15, 0.2) is 11.5 Å². The Hall–Kier alpha value is -1.97. The number of carbonyl (C=O) groups excluding carboxylic acids is 1. The Balaban J connectivity index is 3.15. The van der Waals surface area contributed by atoms with Crippen molar-refractivity contribution in [3.05, 3.63) is 29.3 Å². The van der Waals surface area contributed by atoms with Crippen LogP contribution in [0.5, 0.6) is 11.5 Å². The predicted molar refractivity (Wildman–Crippen MR) is 74.4 cm³/mol. The van der Waals surface area contributed by atoms with E-state index in [0.717, 1.165) is 11.1 Å².